The summed E-state index contributed by atoms with van der Waals surface area (Å²) >= 11 is 0. The number of nitrogens with zero attached hydrogens (tertiary/aromatic N) is 2. The first-order valence-corrected chi connectivity index (χ1v) is 7.63. The zero-order valence-electron chi connectivity index (χ0n) is 12.5. The Morgan fingerprint density at radius 2 is 1.82 bits per heavy atom. The van der Waals surface area contributed by atoms with E-state index in [9.17, 15) is 19.2 Å². The molecule has 2 heterocycles. The van der Waals surface area contributed by atoms with Crippen molar-refractivity contribution in [3.05, 3.63) is 12.2 Å². The molecule has 1 saturated heterocycles. The Balaban J connectivity index is 1.74. The van der Waals surface area contributed by atoms with E-state index in [2.05, 4.69) is 0 Å². The average molecular weight is 307 g/mol. The van der Waals surface area contributed by atoms with Crippen molar-refractivity contribution in [2.75, 3.05) is 13.1 Å². The molecule has 120 valence electrons. The van der Waals surface area contributed by atoms with Gasteiger partial charge in [-0.05, 0) is 32.1 Å². The Bertz CT molecular complexity index is 497. The molecular formula is C15H21N3O4. The van der Waals surface area contributed by atoms with Crippen LogP contribution in [0.1, 0.15) is 38.5 Å². The normalized spacial score (nSPS) is 21.5. The lowest BCUT2D eigenvalue weighted by molar-refractivity contribution is -0.141. The molecule has 2 rings (SSSR count). The first-order valence-electron chi connectivity index (χ1n) is 7.63. The molecule has 0 aromatic heterocycles. The highest BCUT2D eigenvalue weighted by molar-refractivity contribution is 6.12. The van der Waals surface area contributed by atoms with Gasteiger partial charge >= 0.3 is 0 Å². The zero-order valence-corrected chi connectivity index (χ0v) is 12.5. The summed E-state index contributed by atoms with van der Waals surface area (Å²) in [5.74, 6) is -1.14. The van der Waals surface area contributed by atoms with Gasteiger partial charge in [-0.2, -0.15) is 0 Å². The van der Waals surface area contributed by atoms with E-state index >= 15 is 0 Å². The molecule has 4 amide bonds. The molecule has 2 N–H and O–H groups in total. The third-order valence-electron chi connectivity index (χ3n) is 4.07. The Morgan fingerprint density at radius 1 is 1.14 bits per heavy atom. The number of nitrogens with two attached hydrogens (primary N) is 1. The Hall–Kier alpha value is -2.18. The molecule has 0 saturated carbocycles. The van der Waals surface area contributed by atoms with Crippen LogP contribution < -0.4 is 5.73 Å². The zero-order chi connectivity index (χ0) is 16.1. The molecule has 1 fully saturated rings. The SMILES string of the molecule is NC(=O)[C@H]1CCCCN1C(=O)CCCCN1C(=O)C=CC1=O. The fourth-order valence-electron chi connectivity index (χ4n) is 2.87. The second-order valence-electron chi connectivity index (χ2n) is 5.62. The third kappa shape index (κ3) is 3.72. The van der Waals surface area contributed by atoms with Crippen LogP contribution in [0.2, 0.25) is 0 Å². The van der Waals surface area contributed by atoms with Gasteiger partial charge in [-0.3, -0.25) is 24.1 Å². The van der Waals surface area contributed by atoms with Crippen LogP contribution in [0.15, 0.2) is 12.2 Å². The number of hydrogen-bond donors (Lipinski definition) is 1. The third-order valence-corrected chi connectivity index (χ3v) is 4.07. The summed E-state index contributed by atoms with van der Waals surface area (Å²) in [6.45, 7) is 0.886. The number of primary amides is 1. The van der Waals surface area contributed by atoms with Crippen LogP contribution in [0, 0.1) is 0 Å². The van der Waals surface area contributed by atoms with E-state index in [0.717, 1.165) is 17.7 Å². The lowest BCUT2D eigenvalue weighted by Gasteiger charge is -2.33. The molecule has 0 bridgehead atoms. The van der Waals surface area contributed by atoms with Crippen molar-refractivity contribution in [1.29, 1.82) is 0 Å². The second kappa shape index (κ2) is 7.20. The molecule has 1 atom stereocenters. The first kappa shape index (κ1) is 16.2. The Morgan fingerprint density at radius 3 is 2.45 bits per heavy atom. The number of imide groups is 1. The summed E-state index contributed by atoms with van der Waals surface area (Å²) in [5, 5.41) is 0. The lowest BCUT2D eigenvalue weighted by Crippen LogP contribution is -2.50. The molecule has 0 spiro atoms. The maximum atomic E-state index is 12.2. The number of likely N-dealkylation sites (tertiary alicyclic amines) is 1. The van der Waals surface area contributed by atoms with Crippen LogP contribution in [0.4, 0.5) is 0 Å². The lowest BCUT2D eigenvalue weighted by atomic mass is 10.0. The van der Waals surface area contributed by atoms with Crippen LogP contribution in [0.3, 0.4) is 0 Å². The summed E-state index contributed by atoms with van der Waals surface area (Å²) < 4.78 is 0. The minimum Gasteiger partial charge on any atom is -0.368 e. The van der Waals surface area contributed by atoms with Crippen molar-refractivity contribution < 1.29 is 19.2 Å². The van der Waals surface area contributed by atoms with Gasteiger partial charge in [0.25, 0.3) is 11.8 Å². The number of rotatable bonds is 6. The van der Waals surface area contributed by atoms with Gasteiger partial charge in [0, 0.05) is 31.7 Å². The quantitative estimate of drug-likeness (QED) is 0.549. The Kier molecular flexibility index (Phi) is 5.30. The van der Waals surface area contributed by atoms with E-state index in [1.54, 1.807) is 4.90 Å². The van der Waals surface area contributed by atoms with Crippen molar-refractivity contribution in [1.82, 2.24) is 9.80 Å². The molecule has 0 unspecified atom stereocenters. The van der Waals surface area contributed by atoms with Crippen LogP contribution in [0.5, 0.6) is 0 Å². The predicted molar refractivity (Wildman–Crippen MR) is 78.3 cm³/mol. The van der Waals surface area contributed by atoms with Gasteiger partial charge in [-0.25, -0.2) is 0 Å². The number of amides is 4. The van der Waals surface area contributed by atoms with Crippen molar-refractivity contribution in [3.63, 3.8) is 0 Å². The van der Waals surface area contributed by atoms with Gasteiger partial charge in [0.05, 0.1) is 0 Å². The van der Waals surface area contributed by atoms with Gasteiger partial charge in [0.1, 0.15) is 6.04 Å². The highest BCUT2D eigenvalue weighted by Crippen LogP contribution is 2.18. The molecule has 0 aromatic rings. The van der Waals surface area contributed by atoms with Gasteiger partial charge in [0.2, 0.25) is 11.8 Å². The molecular weight excluding hydrogens is 286 g/mol. The predicted octanol–water partition coefficient (Wildman–Crippen LogP) is -0.0519. The van der Waals surface area contributed by atoms with Gasteiger partial charge in [-0.1, -0.05) is 0 Å². The first-order chi connectivity index (χ1) is 10.5. The molecule has 0 aromatic carbocycles. The summed E-state index contributed by atoms with van der Waals surface area (Å²) in [5.41, 5.74) is 5.34. The summed E-state index contributed by atoms with van der Waals surface area (Å²) in [6, 6.07) is -0.493. The molecule has 7 nitrogen and oxygen atoms in total. The Labute approximate surface area is 129 Å². The molecule has 0 aliphatic carbocycles. The van der Waals surface area contributed by atoms with Gasteiger partial charge in [-0.15, -0.1) is 0 Å². The molecule has 22 heavy (non-hydrogen) atoms. The molecule has 2 aliphatic heterocycles. The molecule has 0 radical (unpaired) electrons. The standard InChI is InChI=1S/C15H21N3O4/c16-15(22)11-5-1-3-9-17(11)12(19)6-2-4-10-18-13(20)7-8-14(18)21/h7-8,11H,1-6,9-10H2,(H2,16,22)/t11-/m1/s1. The number of carbonyl (C=O) groups excluding carboxylic acids is 4. The minimum absolute atomic E-state index is 0.0827. The minimum atomic E-state index is -0.493. The maximum absolute atomic E-state index is 12.2. The van der Waals surface area contributed by atoms with Crippen molar-refractivity contribution >= 4 is 23.6 Å². The van der Waals surface area contributed by atoms with Crippen LogP contribution >= 0.6 is 0 Å². The number of unbranched alkanes of at least 4 members (excludes halogenated alkanes) is 1. The maximum Gasteiger partial charge on any atom is 0.253 e. The number of hydrogen-bond acceptors (Lipinski definition) is 4. The van der Waals surface area contributed by atoms with E-state index in [0.29, 0.717) is 38.8 Å². The van der Waals surface area contributed by atoms with Crippen LogP contribution in [0.25, 0.3) is 0 Å². The van der Waals surface area contributed by atoms with Crippen LogP contribution in [-0.4, -0.2) is 52.6 Å². The topological polar surface area (TPSA) is 101 Å². The van der Waals surface area contributed by atoms with Crippen molar-refractivity contribution in [2.45, 2.75) is 44.6 Å². The largest absolute Gasteiger partial charge is 0.368 e. The summed E-state index contributed by atoms with van der Waals surface area (Å²) in [6.07, 6.45) is 6.35. The average Bonchev–Trinajstić information content (AvgIpc) is 2.82. The molecule has 2 aliphatic rings. The molecule has 7 heteroatoms. The van der Waals surface area contributed by atoms with Gasteiger partial charge < -0.3 is 10.6 Å². The monoisotopic (exact) mass is 307 g/mol. The highest BCUT2D eigenvalue weighted by atomic mass is 16.2. The number of piperidine rings is 1. The second-order valence-corrected chi connectivity index (χ2v) is 5.62. The van der Waals surface area contributed by atoms with Crippen molar-refractivity contribution in [3.8, 4) is 0 Å². The van der Waals surface area contributed by atoms with E-state index in [1.807, 2.05) is 0 Å². The van der Waals surface area contributed by atoms with Crippen molar-refractivity contribution in [2.24, 2.45) is 5.73 Å². The fraction of sp³-hybridized carbons (Fsp3) is 0.600. The van der Waals surface area contributed by atoms with E-state index in [-0.39, 0.29) is 17.7 Å². The smallest absolute Gasteiger partial charge is 0.253 e. The highest BCUT2D eigenvalue weighted by Gasteiger charge is 2.30. The van der Waals surface area contributed by atoms with Crippen LogP contribution in [-0.2, 0) is 19.2 Å². The summed E-state index contributed by atoms with van der Waals surface area (Å²) in [7, 11) is 0. The number of carbonyl (C=O) groups is 4. The fourth-order valence-corrected chi connectivity index (χ4v) is 2.87. The van der Waals surface area contributed by atoms with E-state index in [4.69, 9.17) is 5.73 Å². The summed E-state index contributed by atoms with van der Waals surface area (Å²) in [4.78, 5) is 49.1. The van der Waals surface area contributed by atoms with E-state index in [1.165, 1.54) is 12.2 Å². The van der Waals surface area contributed by atoms with Gasteiger partial charge in [0.15, 0.2) is 0 Å². The van der Waals surface area contributed by atoms with E-state index < -0.39 is 11.9 Å².